The van der Waals surface area contributed by atoms with E-state index in [-0.39, 0.29) is 24.7 Å². The van der Waals surface area contributed by atoms with Gasteiger partial charge < -0.3 is 14.2 Å². The molecule has 0 amide bonds. The second kappa shape index (κ2) is 10.6. The number of ether oxygens (including phenoxy) is 3. The summed E-state index contributed by atoms with van der Waals surface area (Å²) in [4.78, 5) is 11.3. The predicted octanol–water partition coefficient (Wildman–Crippen LogP) is 7.09. The van der Waals surface area contributed by atoms with E-state index in [4.69, 9.17) is 14.2 Å². The van der Waals surface area contributed by atoms with Crippen molar-refractivity contribution in [1.29, 1.82) is 0 Å². The standard InChI is InChI=1S/C28H32F2O4/c1-3-5-6-15-32-23-11-13-25-19(17-23)16-20-18-24(12-14-26(20)25)34-28(29,30)21-7-9-22(10-8-21)33-27(31)4-2/h4,11-14,17-18,21-22H,2-3,5-10,15-16H2,1H3. The minimum atomic E-state index is -3.29. The van der Waals surface area contributed by atoms with Crippen molar-refractivity contribution in [2.24, 2.45) is 5.92 Å². The lowest BCUT2D eigenvalue weighted by Gasteiger charge is -2.32. The number of benzene rings is 2. The Hall–Kier alpha value is -2.89. The van der Waals surface area contributed by atoms with Gasteiger partial charge in [0.1, 0.15) is 17.6 Å². The van der Waals surface area contributed by atoms with Gasteiger partial charge in [-0.2, -0.15) is 8.78 Å². The highest BCUT2D eigenvalue weighted by Gasteiger charge is 2.44. The molecule has 0 heterocycles. The Morgan fingerprint density at radius 1 is 1.03 bits per heavy atom. The van der Waals surface area contributed by atoms with Crippen molar-refractivity contribution >= 4 is 5.97 Å². The highest BCUT2D eigenvalue weighted by molar-refractivity contribution is 5.81. The van der Waals surface area contributed by atoms with Gasteiger partial charge in [-0.1, -0.05) is 38.5 Å². The van der Waals surface area contributed by atoms with Crippen LogP contribution in [-0.2, 0) is 16.0 Å². The molecule has 0 aromatic heterocycles. The van der Waals surface area contributed by atoms with Gasteiger partial charge in [-0.25, -0.2) is 4.79 Å². The molecule has 0 bridgehead atoms. The molecule has 0 N–H and O–H groups in total. The van der Waals surface area contributed by atoms with Crippen LogP contribution in [0.1, 0.15) is 63.0 Å². The molecule has 2 aromatic carbocycles. The third kappa shape index (κ3) is 5.60. The number of halogens is 2. The molecule has 6 heteroatoms. The fourth-order valence-corrected chi connectivity index (χ4v) is 4.83. The van der Waals surface area contributed by atoms with Gasteiger partial charge in [0, 0.05) is 6.08 Å². The first kappa shape index (κ1) is 24.2. The lowest BCUT2D eigenvalue weighted by Crippen LogP contribution is -2.38. The van der Waals surface area contributed by atoms with Crippen LogP contribution in [0, 0.1) is 5.92 Å². The maximum absolute atomic E-state index is 14.9. The molecule has 1 saturated carbocycles. The van der Waals surface area contributed by atoms with Crippen LogP contribution in [-0.4, -0.2) is 24.8 Å². The summed E-state index contributed by atoms with van der Waals surface area (Å²) < 4.78 is 46.1. The molecule has 34 heavy (non-hydrogen) atoms. The van der Waals surface area contributed by atoms with Crippen LogP contribution in [0.3, 0.4) is 0 Å². The molecule has 4 nitrogen and oxygen atoms in total. The molecule has 1 fully saturated rings. The summed E-state index contributed by atoms with van der Waals surface area (Å²) in [5, 5.41) is 0. The van der Waals surface area contributed by atoms with Crippen LogP contribution in [0.25, 0.3) is 11.1 Å². The summed E-state index contributed by atoms with van der Waals surface area (Å²) in [6, 6.07) is 11.3. The highest BCUT2D eigenvalue weighted by Crippen LogP contribution is 2.43. The second-order valence-electron chi connectivity index (χ2n) is 9.15. The SMILES string of the molecule is C=CC(=O)OC1CCC(C(F)(F)Oc2ccc3c(c2)Cc2cc(OCCCCC)ccc2-3)CC1. The van der Waals surface area contributed by atoms with Crippen molar-refractivity contribution in [2.45, 2.75) is 70.5 Å². The van der Waals surface area contributed by atoms with E-state index in [0.717, 1.165) is 53.3 Å². The van der Waals surface area contributed by atoms with Crippen LogP contribution < -0.4 is 9.47 Å². The first-order valence-corrected chi connectivity index (χ1v) is 12.2. The van der Waals surface area contributed by atoms with E-state index in [1.165, 1.54) is 0 Å². The highest BCUT2D eigenvalue weighted by atomic mass is 19.3. The molecular formula is C28H32F2O4. The molecule has 0 atom stereocenters. The molecule has 0 radical (unpaired) electrons. The molecule has 2 aromatic rings. The monoisotopic (exact) mass is 470 g/mol. The third-order valence-electron chi connectivity index (χ3n) is 6.69. The van der Waals surface area contributed by atoms with E-state index in [0.29, 0.717) is 25.9 Å². The van der Waals surface area contributed by atoms with E-state index >= 15 is 0 Å². The van der Waals surface area contributed by atoms with Gasteiger partial charge in [0.2, 0.25) is 0 Å². The molecular weight excluding hydrogens is 438 g/mol. The van der Waals surface area contributed by atoms with Crippen LogP contribution in [0.4, 0.5) is 8.78 Å². The van der Waals surface area contributed by atoms with E-state index in [2.05, 4.69) is 13.5 Å². The average Bonchev–Trinajstić information content (AvgIpc) is 3.18. The molecule has 0 aliphatic heterocycles. The first-order chi connectivity index (χ1) is 16.4. The number of fused-ring (bicyclic) bond motifs is 3. The van der Waals surface area contributed by atoms with Crippen molar-refractivity contribution in [3.8, 4) is 22.6 Å². The zero-order valence-corrected chi connectivity index (χ0v) is 19.7. The smallest absolute Gasteiger partial charge is 0.400 e. The number of unbranched alkanes of at least 4 members (excludes halogenated alkanes) is 2. The fourth-order valence-electron chi connectivity index (χ4n) is 4.83. The summed E-state index contributed by atoms with van der Waals surface area (Å²) >= 11 is 0. The molecule has 182 valence electrons. The first-order valence-electron chi connectivity index (χ1n) is 12.2. The van der Waals surface area contributed by atoms with Gasteiger partial charge in [-0.15, -0.1) is 0 Å². The minimum absolute atomic E-state index is 0.174. The van der Waals surface area contributed by atoms with Crippen LogP contribution in [0.5, 0.6) is 11.5 Å². The average molecular weight is 471 g/mol. The van der Waals surface area contributed by atoms with Gasteiger partial charge in [0.05, 0.1) is 12.5 Å². The number of esters is 1. The Kier molecular flexibility index (Phi) is 7.54. The second-order valence-corrected chi connectivity index (χ2v) is 9.15. The quantitative estimate of drug-likeness (QED) is 0.180. The van der Waals surface area contributed by atoms with E-state index < -0.39 is 18.0 Å². The molecule has 4 rings (SSSR count). The maximum atomic E-state index is 14.9. The topological polar surface area (TPSA) is 44.8 Å². The lowest BCUT2D eigenvalue weighted by molar-refractivity contribution is -0.225. The summed E-state index contributed by atoms with van der Waals surface area (Å²) in [5.41, 5.74) is 4.28. The predicted molar refractivity (Wildman–Crippen MR) is 127 cm³/mol. The van der Waals surface area contributed by atoms with Gasteiger partial charge in [0.15, 0.2) is 0 Å². The number of hydrogen-bond donors (Lipinski definition) is 0. The molecule has 0 unspecified atom stereocenters. The van der Waals surface area contributed by atoms with Crippen molar-refractivity contribution in [3.05, 3.63) is 60.2 Å². The molecule has 2 aliphatic carbocycles. The molecule has 0 spiro atoms. The Morgan fingerprint density at radius 2 is 1.68 bits per heavy atom. The number of rotatable bonds is 10. The van der Waals surface area contributed by atoms with Gasteiger partial charge >= 0.3 is 12.1 Å². The zero-order valence-electron chi connectivity index (χ0n) is 19.7. The largest absolute Gasteiger partial charge is 0.494 e. The van der Waals surface area contributed by atoms with Gasteiger partial charge in [-0.3, -0.25) is 0 Å². The Labute approximate surface area is 199 Å². The van der Waals surface area contributed by atoms with Crippen molar-refractivity contribution < 1.29 is 27.8 Å². The summed E-state index contributed by atoms with van der Waals surface area (Å²) in [7, 11) is 0. The zero-order chi connectivity index (χ0) is 24.1. The van der Waals surface area contributed by atoms with E-state index in [1.807, 2.05) is 24.3 Å². The van der Waals surface area contributed by atoms with Crippen LogP contribution in [0.15, 0.2) is 49.1 Å². The fraction of sp³-hybridized carbons (Fsp3) is 0.464. The lowest BCUT2D eigenvalue weighted by atomic mass is 9.86. The molecule has 0 saturated heterocycles. The number of carbonyl (C=O) groups is 1. The molecule has 2 aliphatic rings. The van der Waals surface area contributed by atoms with E-state index in [1.54, 1.807) is 12.1 Å². The summed E-state index contributed by atoms with van der Waals surface area (Å²) in [6.07, 6.45) is 2.73. The Morgan fingerprint density at radius 3 is 2.32 bits per heavy atom. The van der Waals surface area contributed by atoms with Gasteiger partial charge in [0.25, 0.3) is 0 Å². The minimum Gasteiger partial charge on any atom is -0.494 e. The normalized spacial score (nSPS) is 19.1. The number of alkyl halides is 2. The van der Waals surface area contributed by atoms with Crippen LogP contribution in [0.2, 0.25) is 0 Å². The Balaban J connectivity index is 1.37. The van der Waals surface area contributed by atoms with Crippen molar-refractivity contribution in [2.75, 3.05) is 6.61 Å². The van der Waals surface area contributed by atoms with Gasteiger partial charge in [-0.05, 0) is 85.0 Å². The summed E-state index contributed by atoms with van der Waals surface area (Å²) in [6.45, 7) is 6.23. The maximum Gasteiger partial charge on any atom is 0.400 e. The Bertz CT molecular complexity index is 1030. The number of carbonyl (C=O) groups excluding carboxylic acids is 1. The summed E-state index contributed by atoms with van der Waals surface area (Å²) in [5.74, 6) is -0.405. The number of hydrogen-bond acceptors (Lipinski definition) is 4. The van der Waals surface area contributed by atoms with Crippen molar-refractivity contribution in [1.82, 2.24) is 0 Å². The van der Waals surface area contributed by atoms with Crippen molar-refractivity contribution in [3.63, 3.8) is 0 Å². The third-order valence-corrected chi connectivity index (χ3v) is 6.69. The van der Waals surface area contributed by atoms with Crippen LogP contribution >= 0.6 is 0 Å². The van der Waals surface area contributed by atoms with E-state index in [9.17, 15) is 13.6 Å².